The van der Waals surface area contributed by atoms with E-state index in [1.54, 1.807) is 42.6 Å². The number of hydrogen-bond donors (Lipinski definition) is 2. The Kier molecular flexibility index (Phi) is 4.37. The van der Waals surface area contributed by atoms with Crippen molar-refractivity contribution in [1.82, 2.24) is 15.6 Å². The monoisotopic (exact) mass is 313 g/mol. The molecular formula is C16H15N3O4. The lowest BCUT2D eigenvalue weighted by Gasteiger charge is -2.07. The standard InChI is InChI=1S/C16H15N3O4/c20-15(11-4-5-13-14(9-11)23-10-22-13)18-7-8-19-16(21)12-3-1-2-6-17-12/h1-6,9H,7-8,10H2,(H,18,20)(H,19,21). The van der Waals surface area contributed by atoms with Crippen LogP contribution in [-0.2, 0) is 0 Å². The molecule has 7 heteroatoms. The summed E-state index contributed by atoms with van der Waals surface area (Å²) in [6.07, 6.45) is 1.55. The molecule has 1 aromatic heterocycles. The number of benzene rings is 1. The van der Waals surface area contributed by atoms with Crippen molar-refractivity contribution >= 4 is 11.8 Å². The van der Waals surface area contributed by atoms with Crippen molar-refractivity contribution in [3.8, 4) is 11.5 Å². The molecule has 2 amide bonds. The molecule has 1 aliphatic rings. The minimum Gasteiger partial charge on any atom is -0.454 e. The van der Waals surface area contributed by atoms with Crippen molar-refractivity contribution < 1.29 is 19.1 Å². The number of hydrogen-bond acceptors (Lipinski definition) is 5. The van der Waals surface area contributed by atoms with Crippen LogP contribution in [0.1, 0.15) is 20.8 Å². The number of amides is 2. The minimum absolute atomic E-state index is 0.167. The van der Waals surface area contributed by atoms with Gasteiger partial charge >= 0.3 is 0 Å². The highest BCUT2D eigenvalue weighted by atomic mass is 16.7. The Balaban J connectivity index is 1.45. The molecule has 0 fully saturated rings. The summed E-state index contributed by atoms with van der Waals surface area (Å²) in [5.41, 5.74) is 0.819. The number of carbonyl (C=O) groups excluding carboxylic acids is 2. The van der Waals surface area contributed by atoms with Crippen molar-refractivity contribution in [2.45, 2.75) is 0 Å². The van der Waals surface area contributed by atoms with E-state index in [1.165, 1.54) is 0 Å². The molecule has 0 unspecified atom stereocenters. The van der Waals surface area contributed by atoms with Gasteiger partial charge in [-0.2, -0.15) is 0 Å². The first kappa shape index (κ1) is 14.8. The summed E-state index contributed by atoms with van der Waals surface area (Å²) in [6.45, 7) is 0.789. The highest BCUT2D eigenvalue weighted by Crippen LogP contribution is 2.32. The zero-order valence-corrected chi connectivity index (χ0v) is 12.2. The van der Waals surface area contributed by atoms with Gasteiger partial charge in [0.1, 0.15) is 5.69 Å². The Labute approximate surface area is 132 Å². The first-order chi connectivity index (χ1) is 11.2. The maximum absolute atomic E-state index is 12.0. The Morgan fingerprint density at radius 2 is 1.78 bits per heavy atom. The van der Waals surface area contributed by atoms with Gasteiger partial charge < -0.3 is 20.1 Å². The molecule has 23 heavy (non-hydrogen) atoms. The second-order valence-corrected chi connectivity index (χ2v) is 4.79. The Morgan fingerprint density at radius 1 is 1.00 bits per heavy atom. The lowest BCUT2D eigenvalue weighted by molar-refractivity contribution is 0.0925. The highest BCUT2D eigenvalue weighted by molar-refractivity contribution is 5.95. The van der Waals surface area contributed by atoms with Gasteiger partial charge in [-0.05, 0) is 30.3 Å². The molecule has 0 radical (unpaired) electrons. The predicted octanol–water partition coefficient (Wildman–Crippen LogP) is 0.970. The molecule has 3 rings (SSSR count). The zero-order chi connectivity index (χ0) is 16.1. The van der Waals surface area contributed by atoms with E-state index in [2.05, 4.69) is 15.6 Å². The number of pyridine rings is 1. The van der Waals surface area contributed by atoms with Crippen molar-refractivity contribution in [2.24, 2.45) is 0 Å². The molecule has 0 saturated carbocycles. The van der Waals surface area contributed by atoms with Gasteiger partial charge in [-0.3, -0.25) is 14.6 Å². The molecule has 1 aromatic carbocycles. The van der Waals surface area contributed by atoms with E-state index >= 15 is 0 Å². The van der Waals surface area contributed by atoms with Gasteiger partial charge in [0.25, 0.3) is 11.8 Å². The summed E-state index contributed by atoms with van der Waals surface area (Å²) in [5, 5.41) is 5.41. The van der Waals surface area contributed by atoms with E-state index in [-0.39, 0.29) is 18.6 Å². The third-order valence-electron chi connectivity index (χ3n) is 3.23. The Bertz CT molecular complexity index is 719. The smallest absolute Gasteiger partial charge is 0.269 e. The molecule has 0 aliphatic carbocycles. The fourth-order valence-corrected chi connectivity index (χ4v) is 2.08. The van der Waals surface area contributed by atoms with Crippen LogP contribution in [0, 0.1) is 0 Å². The number of rotatable bonds is 5. The quantitative estimate of drug-likeness (QED) is 0.803. The molecule has 1 aliphatic heterocycles. The number of ether oxygens (including phenoxy) is 2. The van der Waals surface area contributed by atoms with Crippen LogP contribution in [0.2, 0.25) is 0 Å². The van der Waals surface area contributed by atoms with Gasteiger partial charge in [0.2, 0.25) is 6.79 Å². The van der Waals surface area contributed by atoms with Crippen molar-refractivity contribution in [3.63, 3.8) is 0 Å². The lowest BCUT2D eigenvalue weighted by Crippen LogP contribution is -2.34. The number of nitrogens with one attached hydrogen (secondary N) is 2. The van der Waals surface area contributed by atoms with Crippen molar-refractivity contribution in [3.05, 3.63) is 53.9 Å². The third-order valence-corrected chi connectivity index (χ3v) is 3.23. The maximum atomic E-state index is 12.0. The lowest BCUT2D eigenvalue weighted by atomic mass is 10.2. The van der Waals surface area contributed by atoms with E-state index in [1.807, 2.05) is 0 Å². The number of aromatic nitrogens is 1. The van der Waals surface area contributed by atoms with E-state index in [0.29, 0.717) is 35.8 Å². The molecule has 0 spiro atoms. The molecule has 2 heterocycles. The summed E-state index contributed by atoms with van der Waals surface area (Å²) < 4.78 is 10.4. The molecule has 2 N–H and O–H groups in total. The van der Waals surface area contributed by atoms with E-state index in [9.17, 15) is 9.59 Å². The molecule has 0 saturated heterocycles. The van der Waals surface area contributed by atoms with Crippen LogP contribution >= 0.6 is 0 Å². The fourth-order valence-electron chi connectivity index (χ4n) is 2.08. The number of fused-ring (bicyclic) bond motifs is 1. The van der Waals surface area contributed by atoms with Crippen LogP contribution in [0.4, 0.5) is 0 Å². The molecule has 118 valence electrons. The summed E-state index contributed by atoms with van der Waals surface area (Å²) in [6, 6.07) is 10.1. The molecule has 0 bridgehead atoms. The predicted molar refractivity (Wildman–Crippen MR) is 81.5 cm³/mol. The summed E-state index contributed by atoms with van der Waals surface area (Å²) in [4.78, 5) is 27.7. The highest BCUT2D eigenvalue weighted by Gasteiger charge is 2.16. The molecule has 7 nitrogen and oxygen atoms in total. The van der Waals surface area contributed by atoms with E-state index in [4.69, 9.17) is 9.47 Å². The maximum Gasteiger partial charge on any atom is 0.269 e. The third kappa shape index (κ3) is 3.57. The van der Waals surface area contributed by atoms with Gasteiger partial charge in [-0.25, -0.2) is 0 Å². The molecule has 2 aromatic rings. The second kappa shape index (κ2) is 6.78. The molecule has 0 atom stereocenters. The first-order valence-electron chi connectivity index (χ1n) is 7.11. The fraction of sp³-hybridized carbons (Fsp3) is 0.188. The topological polar surface area (TPSA) is 89.6 Å². The van der Waals surface area contributed by atoms with Crippen LogP contribution in [0.15, 0.2) is 42.6 Å². The average Bonchev–Trinajstić information content (AvgIpc) is 3.06. The van der Waals surface area contributed by atoms with E-state index in [0.717, 1.165) is 0 Å². The summed E-state index contributed by atoms with van der Waals surface area (Å²) >= 11 is 0. The average molecular weight is 313 g/mol. The normalized spacial score (nSPS) is 11.8. The number of nitrogens with zero attached hydrogens (tertiary/aromatic N) is 1. The Morgan fingerprint density at radius 3 is 2.57 bits per heavy atom. The van der Waals surface area contributed by atoms with Gasteiger partial charge in [-0.1, -0.05) is 6.07 Å². The van der Waals surface area contributed by atoms with Crippen LogP contribution in [0.3, 0.4) is 0 Å². The number of carbonyl (C=O) groups is 2. The molecular weight excluding hydrogens is 298 g/mol. The van der Waals surface area contributed by atoms with Gasteiger partial charge in [-0.15, -0.1) is 0 Å². The SMILES string of the molecule is O=C(NCCNC(=O)c1ccccn1)c1ccc2c(c1)OCO2. The van der Waals surface area contributed by atoms with Crippen LogP contribution in [0.5, 0.6) is 11.5 Å². The van der Waals surface area contributed by atoms with Gasteiger partial charge in [0.15, 0.2) is 11.5 Å². The second-order valence-electron chi connectivity index (χ2n) is 4.79. The zero-order valence-electron chi connectivity index (χ0n) is 12.2. The summed E-state index contributed by atoms with van der Waals surface area (Å²) in [5.74, 6) is 0.670. The van der Waals surface area contributed by atoms with Gasteiger partial charge in [0.05, 0.1) is 0 Å². The van der Waals surface area contributed by atoms with Crippen LogP contribution in [0.25, 0.3) is 0 Å². The van der Waals surface area contributed by atoms with Crippen LogP contribution in [-0.4, -0.2) is 36.7 Å². The minimum atomic E-state index is -0.275. The largest absolute Gasteiger partial charge is 0.454 e. The first-order valence-corrected chi connectivity index (χ1v) is 7.11. The van der Waals surface area contributed by atoms with Gasteiger partial charge in [0, 0.05) is 24.8 Å². The Hall–Kier alpha value is -3.09. The van der Waals surface area contributed by atoms with Crippen molar-refractivity contribution in [1.29, 1.82) is 0 Å². The van der Waals surface area contributed by atoms with Crippen LogP contribution < -0.4 is 20.1 Å². The van der Waals surface area contributed by atoms with E-state index < -0.39 is 0 Å². The summed E-state index contributed by atoms with van der Waals surface area (Å²) in [7, 11) is 0. The van der Waals surface area contributed by atoms with Crippen molar-refractivity contribution in [2.75, 3.05) is 19.9 Å².